The first kappa shape index (κ1) is 15.5. The minimum Gasteiger partial charge on any atom is -0.497 e. The van der Waals surface area contributed by atoms with E-state index in [1.807, 2.05) is 18.2 Å². The summed E-state index contributed by atoms with van der Waals surface area (Å²) >= 11 is 0. The van der Waals surface area contributed by atoms with Crippen molar-refractivity contribution in [1.29, 1.82) is 0 Å². The van der Waals surface area contributed by atoms with Crippen LogP contribution in [0.2, 0.25) is 0 Å². The lowest BCUT2D eigenvalue weighted by molar-refractivity contribution is 0.00943. The number of cyclic esters (lactones) is 1. The average Bonchev–Trinajstić information content (AvgIpc) is 3.24. The predicted molar refractivity (Wildman–Crippen MR) is 92.8 cm³/mol. The van der Waals surface area contributed by atoms with Gasteiger partial charge in [-0.1, -0.05) is 6.07 Å². The topological polar surface area (TPSA) is 57.2 Å². The maximum absolute atomic E-state index is 12.5. The zero-order valence-electron chi connectivity index (χ0n) is 14.7. The van der Waals surface area contributed by atoms with Crippen LogP contribution in [0.5, 0.6) is 17.2 Å². The lowest BCUT2D eigenvalue weighted by Crippen LogP contribution is -2.36. The molecule has 3 aliphatic rings. The normalized spacial score (nSPS) is 23.4. The highest BCUT2D eigenvalue weighted by atomic mass is 16.7. The molecule has 0 N–H and O–H groups in total. The van der Waals surface area contributed by atoms with Crippen molar-refractivity contribution in [2.75, 3.05) is 27.5 Å². The van der Waals surface area contributed by atoms with Crippen molar-refractivity contribution < 1.29 is 23.7 Å². The van der Waals surface area contributed by atoms with Gasteiger partial charge in [-0.2, -0.15) is 0 Å². The Morgan fingerprint density at radius 1 is 1.12 bits per heavy atom. The van der Waals surface area contributed by atoms with Crippen molar-refractivity contribution in [1.82, 2.24) is 4.90 Å². The molecule has 134 valence electrons. The Bertz CT molecular complexity index is 909. The summed E-state index contributed by atoms with van der Waals surface area (Å²) < 4.78 is 22.1. The van der Waals surface area contributed by atoms with Crippen LogP contribution in [0, 0.1) is 0 Å². The first-order valence-electron chi connectivity index (χ1n) is 8.67. The van der Waals surface area contributed by atoms with E-state index in [1.165, 1.54) is 5.56 Å². The summed E-state index contributed by atoms with van der Waals surface area (Å²) in [6, 6.07) is 9.58. The molecule has 2 unspecified atom stereocenters. The molecule has 0 fully saturated rings. The number of nitrogens with zero attached hydrogens (tertiary/aromatic N) is 1. The van der Waals surface area contributed by atoms with Gasteiger partial charge in [0.25, 0.3) is 0 Å². The van der Waals surface area contributed by atoms with Crippen molar-refractivity contribution in [3.63, 3.8) is 0 Å². The second kappa shape index (κ2) is 5.64. The van der Waals surface area contributed by atoms with Gasteiger partial charge in [0.15, 0.2) is 11.5 Å². The highest BCUT2D eigenvalue weighted by Crippen LogP contribution is 2.48. The van der Waals surface area contributed by atoms with Crippen molar-refractivity contribution in [2.45, 2.75) is 18.6 Å². The van der Waals surface area contributed by atoms with Crippen LogP contribution in [-0.4, -0.2) is 38.4 Å². The predicted octanol–water partition coefficient (Wildman–Crippen LogP) is 2.86. The van der Waals surface area contributed by atoms with E-state index in [1.54, 1.807) is 13.2 Å². The molecule has 6 nitrogen and oxygen atoms in total. The van der Waals surface area contributed by atoms with Gasteiger partial charge in [-0.05, 0) is 48.9 Å². The Labute approximate surface area is 151 Å². The van der Waals surface area contributed by atoms with Crippen LogP contribution in [0.25, 0.3) is 0 Å². The summed E-state index contributed by atoms with van der Waals surface area (Å²) in [7, 11) is 3.65. The van der Waals surface area contributed by atoms with Crippen LogP contribution in [0.1, 0.15) is 39.2 Å². The summed E-state index contributed by atoms with van der Waals surface area (Å²) in [5.41, 5.74) is 3.83. The summed E-state index contributed by atoms with van der Waals surface area (Å²) in [4.78, 5) is 14.7. The number of hydrogen-bond donors (Lipinski definition) is 0. The molecule has 0 radical (unpaired) electrons. The SMILES string of the molecule is COc1ccc2c(c1)C(=O)OC2C1c2cc3c(cc2CCN1C)OCO3. The monoisotopic (exact) mass is 353 g/mol. The lowest BCUT2D eigenvalue weighted by Gasteiger charge is -2.37. The van der Waals surface area contributed by atoms with E-state index >= 15 is 0 Å². The molecule has 0 aromatic heterocycles. The molecule has 0 amide bonds. The van der Waals surface area contributed by atoms with E-state index in [2.05, 4.69) is 18.0 Å². The van der Waals surface area contributed by atoms with Gasteiger partial charge in [-0.25, -0.2) is 4.79 Å². The molecule has 0 bridgehead atoms. The van der Waals surface area contributed by atoms with Crippen molar-refractivity contribution in [3.8, 4) is 17.2 Å². The first-order valence-corrected chi connectivity index (χ1v) is 8.67. The van der Waals surface area contributed by atoms with Crippen molar-refractivity contribution in [2.24, 2.45) is 0 Å². The van der Waals surface area contributed by atoms with Crippen LogP contribution in [0.15, 0.2) is 30.3 Å². The molecule has 26 heavy (non-hydrogen) atoms. The highest BCUT2D eigenvalue weighted by Gasteiger charge is 2.42. The second-order valence-electron chi connectivity index (χ2n) is 6.86. The summed E-state index contributed by atoms with van der Waals surface area (Å²) in [5, 5.41) is 0. The Morgan fingerprint density at radius 3 is 2.73 bits per heavy atom. The van der Waals surface area contributed by atoms with Gasteiger partial charge < -0.3 is 18.9 Å². The molecule has 2 atom stereocenters. The van der Waals surface area contributed by atoms with Crippen molar-refractivity contribution in [3.05, 3.63) is 52.6 Å². The zero-order chi connectivity index (χ0) is 17.8. The molecule has 5 rings (SSSR count). The minimum absolute atomic E-state index is 0.0631. The van der Waals surface area contributed by atoms with E-state index in [4.69, 9.17) is 18.9 Å². The molecule has 3 aliphatic heterocycles. The van der Waals surface area contributed by atoms with E-state index in [9.17, 15) is 4.79 Å². The fourth-order valence-electron chi connectivity index (χ4n) is 4.12. The summed E-state index contributed by atoms with van der Waals surface area (Å²) in [6.07, 6.45) is 0.572. The van der Waals surface area contributed by atoms with Gasteiger partial charge in [0.1, 0.15) is 11.9 Å². The Kier molecular flexibility index (Phi) is 3.37. The van der Waals surface area contributed by atoms with E-state index < -0.39 is 0 Å². The minimum atomic E-state index is -0.354. The van der Waals surface area contributed by atoms with Gasteiger partial charge in [-0.3, -0.25) is 4.90 Å². The van der Waals surface area contributed by atoms with E-state index in [0.717, 1.165) is 35.6 Å². The van der Waals surface area contributed by atoms with E-state index in [0.29, 0.717) is 11.3 Å². The standard InChI is InChI=1S/C20H19NO5/c1-21-6-5-11-7-16-17(25-10-24-16)9-14(11)18(21)19-13-4-3-12(23-2)8-15(13)20(22)26-19/h3-4,7-9,18-19H,5-6,10H2,1-2H3. The number of carbonyl (C=O) groups excluding carboxylic acids is 1. The lowest BCUT2D eigenvalue weighted by atomic mass is 9.86. The Hall–Kier alpha value is -2.73. The zero-order valence-corrected chi connectivity index (χ0v) is 14.7. The third kappa shape index (κ3) is 2.18. The maximum atomic E-state index is 12.5. The smallest absolute Gasteiger partial charge is 0.339 e. The van der Waals surface area contributed by atoms with Crippen LogP contribution in [0.3, 0.4) is 0 Å². The van der Waals surface area contributed by atoms with E-state index in [-0.39, 0.29) is 24.9 Å². The van der Waals surface area contributed by atoms with Crippen molar-refractivity contribution >= 4 is 5.97 Å². The molecule has 3 heterocycles. The fraction of sp³-hybridized carbons (Fsp3) is 0.350. The molecule has 2 aromatic rings. The molecule has 6 heteroatoms. The molecule has 0 aliphatic carbocycles. The van der Waals surface area contributed by atoms with Gasteiger partial charge >= 0.3 is 5.97 Å². The number of hydrogen-bond acceptors (Lipinski definition) is 6. The number of likely N-dealkylation sites (N-methyl/N-ethyl adjacent to an activating group) is 1. The quantitative estimate of drug-likeness (QED) is 0.774. The number of esters is 1. The summed E-state index contributed by atoms with van der Waals surface area (Å²) in [6.45, 7) is 1.14. The second-order valence-corrected chi connectivity index (χ2v) is 6.86. The Morgan fingerprint density at radius 2 is 1.92 bits per heavy atom. The fourth-order valence-corrected chi connectivity index (χ4v) is 4.12. The molecule has 0 saturated carbocycles. The molecular formula is C20H19NO5. The largest absolute Gasteiger partial charge is 0.497 e. The van der Waals surface area contributed by atoms with Crippen LogP contribution < -0.4 is 14.2 Å². The van der Waals surface area contributed by atoms with Gasteiger partial charge in [0.2, 0.25) is 6.79 Å². The third-order valence-corrected chi connectivity index (χ3v) is 5.47. The third-order valence-electron chi connectivity index (χ3n) is 5.47. The van der Waals surface area contributed by atoms with Gasteiger partial charge in [0, 0.05) is 12.1 Å². The van der Waals surface area contributed by atoms with Crippen LogP contribution in [0.4, 0.5) is 0 Å². The average molecular weight is 353 g/mol. The first-order chi connectivity index (χ1) is 12.7. The number of rotatable bonds is 2. The van der Waals surface area contributed by atoms with Crippen LogP contribution in [-0.2, 0) is 11.2 Å². The summed E-state index contributed by atoms with van der Waals surface area (Å²) in [5.74, 6) is 1.90. The highest BCUT2D eigenvalue weighted by molar-refractivity contribution is 5.94. The number of fused-ring (bicyclic) bond motifs is 3. The number of carbonyl (C=O) groups is 1. The van der Waals surface area contributed by atoms with Gasteiger partial charge in [0.05, 0.1) is 18.7 Å². The van der Waals surface area contributed by atoms with Crippen LogP contribution >= 0.6 is 0 Å². The Balaban J connectivity index is 1.61. The molecule has 0 spiro atoms. The maximum Gasteiger partial charge on any atom is 0.339 e. The van der Waals surface area contributed by atoms with Gasteiger partial charge in [-0.15, -0.1) is 0 Å². The number of ether oxygens (including phenoxy) is 4. The molecule has 2 aromatic carbocycles. The number of benzene rings is 2. The molecular weight excluding hydrogens is 334 g/mol. The number of methoxy groups -OCH3 is 1. The molecule has 0 saturated heterocycles.